The van der Waals surface area contributed by atoms with Crippen LogP contribution in [-0.2, 0) is 5.41 Å². The summed E-state index contributed by atoms with van der Waals surface area (Å²) in [6.07, 6.45) is 2.93. The fraction of sp³-hybridized carbons (Fsp3) is 0.429. The van der Waals surface area contributed by atoms with Crippen molar-refractivity contribution < 1.29 is 10.2 Å². The molecule has 23 heavy (non-hydrogen) atoms. The molecule has 1 aliphatic rings. The van der Waals surface area contributed by atoms with Crippen LogP contribution in [0, 0.1) is 11.3 Å². The van der Waals surface area contributed by atoms with Gasteiger partial charge in [-0.15, -0.1) is 0 Å². The zero-order valence-electron chi connectivity index (χ0n) is 14.2. The second-order valence-corrected chi connectivity index (χ2v) is 7.72. The molecule has 1 saturated carbocycles. The van der Waals surface area contributed by atoms with Crippen LogP contribution in [-0.4, -0.2) is 10.2 Å². The van der Waals surface area contributed by atoms with Gasteiger partial charge in [-0.3, -0.25) is 0 Å². The van der Waals surface area contributed by atoms with E-state index in [0.717, 1.165) is 30.4 Å². The van der Waals surface area contributed by atoms with E-state index in [1.807, 2.05) is 36.4 Å². The lowest BCUT2D eigenvalue weighted by Crippen LogP contribution is -2.41. The number of para-hydroxylation sites is 2. The fourth-order valence-corrected chi connectivity index (χ4v) is 4.26. The Morgan fingerprint density at radius 1 is 0.870 bits per heavy atom. The number of hydrogen-bond acceptors (Lipinski definition) is 2. The minimum Gasteiger partial charge on any atom is -0.508 e. The molecular weight excluding hydrogens is 284 g/mol. The maximum absolute atomic E-state index is 10.5. The lowest BCUT2D eigenvalue weighted by atomic mass is 9.54. The van der Waals surface area contributed by atoms with Gasteiger partial charge < -0.3 is 10.2 Å². The highest BCUT2D eigenvalue weighted by atomic mass is 16.3. The molecule has 2 N–H and O–H groups in total. The molecule has 0 amide bonds. The van der Waals surface area contributed by atoms with Crippen molar-refractivity contribution in [3.8, 4) is 11.5 Å². The summed E-state index contributed by atoms with van der Waals surface area (Å²) in [6.45, 7) is 6.90. The van der Waals surface area contributed by atoms with Gasteiger partial charge in [0.2, 0.25) is 0 Å². The summed E-state index contributed by atoms with van der Waals surface area (Å²) >= 11 is 0. The summed E-state index contributed by atoms with van der Waals surface area (Å²) in [5, 5.41) is 21.1. The van der Waals surface area contributed by atoms with Crippen LogP contribution in [0.15, 0.2) is 48.5 Å². The molecule has 2 nitrogen and oxygen atoms in total. The van der Waals surface area contributed by atoms with Crippen LogP contribution in [0.25, 0.3) is 0 Å². The Balaban J connectivity index is 2.23. The van der Waals surface area contributed by atoms with Gasteiger partial charge in [0.25, 0.3) is 0 Å². The zero-order valence-corrected chi connectivity index (χ0v) is 14.2. The molecule has 0 spiro atoms. The first kappa shape index (κ1) is 15.9. The Kier molecular flexibility index (Phi) is 3.87. The Labute approximate surface area is 138 Å². The smallest absolute Gasteiger partial charge is 0.119 e. The average molecular weight is 310 g/mol. The van der Waals surface area contributed by atoms with Crippen molar-refractivity contribution in [1.82, 2.24) is 0 Å². The first-order chi connectivity index (χ1) is 10.9. The van der Waals surface area contributed by atoms with Crippen LogP contribution in [0.1, 0.15) is 51.2 Å². The number of phenolic OH excluding ortho intramolecular Hbond substituents is 2. The normalized spacial score (nSPS) is 22.7. The summed E-state index contributed by atoms with van der Waals surface area (Å²) in [7, 11) is 0. The Morgan fingerprint density at radius 3 is 1.78 bits per heavy atom. The third-order valence-corrected chi connectivity index (χ3v) is 5.93. The van der Waals surface area contributed by atoms with Gasteiger partial charge >= 0.3 is 0 Å². The van der Waals surface area contributed by atoms with Crippen molar-refractivity contribution >= 4 is 0 Å². The first-order valence-corrected chi connectivity index (χ1v) is 8.44. The average Bonchev–Trinajstić information content (AvgIpc) is 2.51. The molecule has 1 fully saturated rings. The lowest BCUT2D eigenvalue weighted by molar-refractivity contribution is 0.0998. The third kappa shape index (κ3) is 2.60. The number of hydrogen-bond donors (Lipinski definition) is 2. The van der Waals surface area contributed by atoms with Crippen LogP contribution in [0.4, 0.5) is 0 Å². The monoisotopic (exact) mass is 310 g/mol. The Hall–Kier alpha value is -1.96. The Bertz CT molecular complexity index is 657. The molecule has 2 aromatic rings. The molecular formula is C21H26O2. The highest BCUT2D eigenvalue weighted by Crippen LogP contribution is 2.56. The minimum atomic E-state index is -0.341. The molecule has 1 unspecified atom stereocenters. The summed E-state index contributed by atoms with van der Waals surface area (Å²) < 4.78 is 0. The number of aromatic hydroxyl groups is 2. The van der Waals surface area contributed by atoms with Crippen molar-refractivity contribution in [2.24, 2.45) is 11.3 Å². The number of phenols is 2. The van der Waals surface area contributed by atoms with E-state index in [0.29, 0.717) is 17.4 Å². The van der Waals surface area contributed by atoms with Gasteiger partial charge in [-0.25, -0.2) is 0 Å². The van der Waals surface area contributed by atoms with E-state index in [1.165, 1.54) is 0 Å². The van der Waals surface area contributed by atoms with E-state index in [9.17, 15) is 10.2 Å². The number of rotatable bonds is 2. The molecule has 122 valence electrons. The van der Waals surface area contributed by atoms with Crippen molar-refractivity contribution in [2.45, 2.75) is 45.4 Å². The van der Waals surface area contributed by atoms with E-state index in [2.05, 4.69) is 20.8 Å². The fourth-order valence-electron chi connectivity index (χ4n) is 4.26. The van der Waals surface area contributed by atoms with Gasteiger partial charge in [0.15, 0.2) is 0 Å². The standard InChI is InChI=1S/C21H26O2/c1-15-12-13-21(14-20(15,2)3,16-8-4-6-10-18(16)22)17-9-5-7-11-19(17)23/h4-11,15,22-23H,12-14H2,1-3H3. The van der Waals surface area contributed by atoms with Crippen molar-refractivity contribution in [1.29, 1.82) is 0 Å². The maximum atomic E-state index is 10.5. The van der Waals surface area contributed by atoms with E-state index >= 15 is 0 Å². The van der Waals surface area contributed by atoms with Gasteiger partial charge in [0.1, 0.15) is 11.5 Å². The molecule has 0 heterocycles. The molecule has 0 saturated heterocycles. The van der Waals surface area contributed by atoms with Crippen molar-refractivity contribution in [3.05, 3.63) is 59.7 Å². The molecule has 0 aliphatic heterocycles. The topological polar surface area (TPSA) is 40.5 Å². The van der Waals surface area contributed by atoms with Gasteiger partial charge in [0, 0.05) is 16.5 Å². The molecule has 0 aromatic heterocycles. The first-order valence-electron chi connectivity index (χ1n) is 8.44. The molecule has 0 radical (unpaired) electrons. The van der Waals surface area contributed by atoms with Crippen LogP contribution in [0.3, 0.4) is 0 Å². The van der Waals surface area contributed by atoms with Crippen molar-refractivity contribution in [2.75, 3.05) is 0 Å². The molecule has 1 atom stereocenters. The van der Waals surface area contributed by atoms with Crippen LogP contribution in [0.2, 0.25) is 0 Å². The van der Waals surface area contributed by atoms with E-state index < -0.39 is 0 Å². The van der Waals surface area contributed by atoms with Crippen LogP contribution in [0.5, 0.6) is 11.5 Å². The molecule has 2 aromatic carbocycles. The predicted molar refractivity (Wildman–Crippen MR) is 93.8 cm³/mol. The van der Waals surface area contributed by atoms with Gasteiger partial charge in [-0.1, -0.05) is 57.2 Å². The van der Waals surface area contributed by atoms with E-state index in [4.69, 9.17) is 0 Å². The van der Waals surface area contributed by atoms with E-state index in [1.54, 1.807) is 12.1 Å². The molecule has 1 aliphatic carbocycles. The second-order valence-electron chi connectivity index (χ2n) is 7.72. The summed E-state index contributed by atoms with van der Waals surface area (Å²) in [4.78, 5) is 0. The third-order valence-electron chi connectivity index (χ3n) is 5.93. The summed E-state index contributed by atoms with van der Waals surface area (Å²) in [5.74, 6) is 1.26. The highest BCUT2D eigenvalue weighted by molar-refractivity contribution is 5.51. The van der Waals surface area contributed by atoms with Gasteiger partial charge in [0.05, 0.1) is 0 Å². The highest BCUT2D eigenvalue weighted by Gasteiger charge is 2.47. The summed E-state index contributed by atoms with van der Waals surface area (Å²) in [6, 6.07) is 15.2. The SMILES string of the molecule is CC1CCC(c2ccccc2O)(c2ccccc2O)CC1(C)C. The largest absolute Gasteiger partial charge is 0.508 e. The number of benzene rings is 2. The maximum Gasteiger partial charge on any atom is 0.119 e. The lowest BCUT2D eigenvalue weighted by Gasteiger charge is -2.49. The Morgan fingerprint density at radius 2 is 1.35 bits per heavy atom. The molecule has 2 heteroatoms. The van der Waals surface area contributed by atoms with Crippen LogP contribution < -0.4 is 0 Å². The van der Waals surface area contributed by atoms with Crippen molar-refractivity contribution in [3.63, 3.8) is 0 Å². The van der Waals surface area contributed by atoms with E-state index in [-0.39, 0.29) is 10.8 Å². The molecule has 3 rings (SSSR count). The second kappa shape index (κ2) is 5.59. The zero-order chi connectivity index (χ0) is 16.7. The quantitative estimate of drug-likeness (QED) is 0.797. The predicted octanol–water partition coefficient (Wildman–Crippen LogP) is 5.23. The van der Waals surface area contributed by atoms with Gasteiger partial charge in [-0.05, 0) is 42.7 Å². The molecule has 0 bridgehead atoms. The summed E-state index contributed by atoms with van der Waals surface area (Å²) in [5.41, 5.74) is 1.66. The van der Waals surface area contributed by atoms with Crippen LogP contribution >= 0.6 is 0 Å². The van der Waals surface area contributed by atoms with Gasteiger partial charge in [-0.2, -0.15) is 0 Å². The minimum absolute atomic E-state index is 0.142.